The number of hydrogen-bond donors (Lipinski definition) is 2. The fraction of sp³-hybridized carbons (Fsp3) is 1.00. The minimum absolute atomic E-state index is 0.0752. The zero-order valence-electron chi connectivity index (χ0n) is 3.76. The largest absolute Gasteiger partial charge is 0.367 e. The van der Waals surface area contributed by atoms with Crippen molar-refractivity contribution in [2.45, 2.75) is 12.1 Å². The lowest BCUT2D eigenvalue weighted by molar-refractivity contribution is -0.0326. The minimum atomic E-state index is -1.19. The molecule has 0 aromatic heterocycles. The smallest absolute Gasteiger partial charge is 0.165 e. The van der Waals surface area contributed by atoms with Crippen molar-refractivity contribution in [1.29, 1.82) is 0 Å². The number of hydrogen-bond acceptors (Lipinski definition) is 2. The Morgan fingerprint density at radius 2 is 1.38 bits per heavy atom. The van der Waals surface area contributed by atoms with Gasteiger partial charge in [0.25, 0.3) is 0 Å². The van der Waals surface area contributed by atoms with Crippen LogP contribution < -0.4 is 0 Å². The summed E-state index contributed by atoms with van der Waals surface area (Å²) in [5.74, 6) is 0. The lowest BCUT2D eigenvalue weighted by Crippen LogP contribution is -2.24. The van der Waals surface area contributed by atoms with Crippen molar-refractivity contribution < 1.29 is 10.2 Å². The van der Waals surface area contributed by atoms with Crippen molar-refractivity contribution in [2.24, 2.45) is 0 Å². The van der Waals surface area contributed by atoms with Crippen molar-refractivity contribution >= 4 is 67.8 Å². The van der Waals surface area contributed by atoms with Gasteiger partial charge in [0.1, 0.15) is 0 Å². The first-order valence-electron chi connectivity index (χ1n) is 1.84. The summed E-state index contributed by atoms with van der Waals surface area (Å²) in [5.41, 5.74) is 0. The van der Waals surface area contributed by atoms with E-state index in [0.29, 0.717) is 0 Å². The second-order valence-corrected chi connectivity index (χ2v) is 7.70. The van der Waals surface area contributed by atoms with E-state index in [1.807, 2.05) is 22.6 Å². The number of aliphatic hydroxyl groups is 2. The highest BCUT2D eigenvalue weighted by atomic mass is 127. The Labute approximate surface area is 88.8 Å². The van der Waals surface area contributed by atoms with E-state index < -0.39 is 6.29 Å². The highest BCUT2D eigenvalue weighted by Crippen LogP contribution is 2.23. The molecule has 0 rings (SSSR count). The van der Waals surface area contributed by atoms with E-state index in [4.69, 9.17) is 10.2 Å². The number of alkyl halides is 3. The van der Waals surface area contributed by atoms with Crippen LogP contribution in [0.15, 0.2) is 0 Å². The van der Waals surface area contributed by atoms with E-state index in [-0.39, 0.29) is 5.86 Å². The van der Waals surface area contributed by atoms with Gasteiger partial charge in [-0.3, -0.25) is 0 Å². The van der Waals surface area contributed by atoms with Gasteiger partial charge in [-0.25, -0.2) is 0 Å². The van der Waals surface area contributed by atoms with Gasteiger partial charge in [0, 0.05) is 0 Å². The summed E-state index contributed by atoms with van der Waals surface area (Å²) in [6, 6.07) is 0. The van der Waals surface area contributed by atoms with Crippen LogP contribution in [0.4, 0.5) is 0 Å². The average Bonchev–Trinajstić information content (AvgIpc) is 1.64. The summed E-state index contributed by atoms with van der Waals surface area (Å²) < 4.78 is 0.194. The molecule has 0 aliphatic heterocycles. The molecule has 2 N–H and O–H groups in total. The molecule has 0 spiro atoms. The average molecular weight is 454 g/mol. The molecule has 1 unspecified atom stereocenters. The lowest BCUT2D eigenvalue weighted by atomic mass is 10.5. The molecule has 0 amide bonds. The monoisotopic (exact) mass is 454 g/mol. The molecule has 0 heterocycles. The molecule has 0 aromatic carbocycles. The Hall–Kier alpha value is 2.11. The van der Waals surface area contributed by atoms with Gasteiger partial charge in [-0.15, -0.1) is 0 Å². The van der Waals surface area contributed by atoms with Gasteiger partial charge in [-0.05, 0) is 0 Å². The molecule has 0 bridgehead atoms. The van der Waals surface area contributed by atoms with Crippen molar-refractivity contribution in [3.63, 3.8) is 0 Å². The fourth-order valence-electron chi connectivity index (χ4n) is 0.130. The predicted molar refractivity (Wildman–Crippen MR) is 57.9 cm³/mol. The Kier molecular flexibility index (Phi) is 6.13. The van der Waals surface area contributed by atoms with Crippen molar-refractivity contribution in [3.8, 4) is 0 Å². The van der Waals surface area contributed by atoms with Crippen LogP contribution in [0, 0.1) is 0 Å². The maximum atomic E-state index is 8.53. The number of aliphatic hydroxyl groups excluding tert-OH is 1. The summed E-state index contributed by atoms with van der Waals surface area (Å²) in [4.78, 5) is 0. The molecular formula is C3H5I3O2. The van der Waals surface area contributed by atoms with Crippen molar-refractivity contribution in [3.05, 3.63) is 0 Å². The van der Waals surface area contributed by atoms with E-state index in [1.165, 1.54) is 0 Å². The van der Waals surface area contributed by atoms with Crippen molar-refractivity contribution in [2.75, 3.05) is 0 Å². The summed E-state index contributed by atoms with van der Waals surface area (Å²) >= 11 is 6.29. The maximum Gasteiger partial charge on any atom is 0.165 e. The Morgan fingerprint density at radius 3 is 1.38 bits per heavy atom. The van der Waals surface area contributed by atoms with Gasteiger partial charge in [0.2, 0.25) is 0 Å². The van der Waals surface area contributed by atoms with Crippen LogP contribution in [0.5, 0.6) is 0 Å². The molecule has 50 valence electrons. The lowest BCUT2D eigenvalue weighted by Gasteiger charge is -2.11. The fourth-order valence-corrected chi connectivity index (χ4v) is 0.873. The van der Waals surface area contributed by atoms with Crippen LogP contribution in [0.2, 0.25) is 0 Å². The SMILES string of the molecule is OC(O)C(I)C(I)I. The number of halogens is 3. The third-order valence-corrected chi connectivity index (χ3v) is 6.19. The first-order valence-corrected chi connectivity index (χ1v) is 5.57. The van der Waals surface area contributed by atoms with Gasteiger partial charge in [0.05, 0.1) is 5.86 Å². The van der Waals surface area contributed by atoms with Gasteiger partial charge in [-0.2, -0.15) is 0 Å². The Bertz CT molecular complexity index is 57.5. The third-order valence-electron chi connectivity index (χ3n) is 0.526. The maximum absolute atomic E-state index is 8.53. The van der Waals surface area contributed by atoms with Gasteiger partial charge >= 0.3 is 0 Å². The molecule has 2 nitrogen and oxygen atoms in total. The highest BCUT2D eigenvalue weighted by Gasteiger charge is 2.18. The van der Waals surface area contributed by atoms with E-state index >= 15 is 0 Å². The van der Waals surface area contributed by atoms with Crippen LogP contribution in [0.3, 0.4) is 0 Å². The molecule has 0 saturated heterocycles. The molecule has 0 radical (unpaired) electrons. The summed E-state index contributed by atoms with van der Waals surface area (Å²) in [5, 5.41) is 17.1. The van der Waals surface area contributed by atoms with Crippen LogP contribution in [0.25, 0.3) is 0 Å². The standard InChI is InChI=1S/C3H5I3O2/c4-1(2(5)6)3(7)8/h1-3,7-8H. The van der Waals surface area contributed by atoms with Crippen molar-refractivity contribution in [1.82, 2.24) is 0 Å². The van der Waals surface area contributed by atoms with Crippen LogP contribution in [0.1, 0.15) is 0 Å². The van der Waals surface area contributed by atoms with Crippen LogP contribution in [-0.2, 0) is 0 Å². The second kappa shape index (κ2) is 4.85. The topological polar surface area (TPSA) is 40.5 Å². The first kappa shape index (κ1) is 10.1. The van der Waals surface area contributed by atoms with E-state index in [0.717, 1.165) is 0 Å². The highest BCUT2D eigenvalue weighted by molar-refractivity contribution is 14.2. The Morgan fingerprint density at radius 1 is 1.00 bits per heavy atom. The predicted octanol–water partition coefficient (Wildman–Crippen LogP) is 1.30. The van der Waals surface area contributed by atoms with Crippen LogP contribution >= 0.6 is 67.8 Å². The van der Waals surface area contributed by atoms with Gasteiger partial charge < -0.3 is 10.2 Å². The van der Waals surface area contributed by atoms with E-state index in [2.05, 4.69) is 45.2 Å². The van der Waals surface area contributed by atoms with Gasteiger partial charge in [0.15, 0.2) is 6.29 Å². The minimum Gasteiger partial charge on any atom is -0.367 e. The molecule has 5 heteroatoms. The molecule has 0 aromatic rings. The number of rotatable bonds is 2. The molecule has 0 aliphatic carbocycles. The molecule has 1 atom stereocenters. The quantitative estimate of drug-likeness (QED) is 0.376. The van der Waals surface area contributed by atoms with E-state index in [9.17, 15) is 0 Å². The zero-order chi connectivity index (χ0) is 6.73. The molecule has 0 aliphatic rings. The normalized spacial score (nSPS) is 15.4. The second-order valence-electron chi connectivity index (χ2n) is 1.19. The summed E-state index contributed by atoms with van der Waals surface area (Å²) in [6.07, 6.45) is -1.19. The molecule has 8 heavy (non-hydrogen) atoms. The van der Waals surface area contributed by atoms with E-state index in [1.54, 1.807) is 0 Å². The molecule has 0 saturated carbocycles. The first-order chi connectivity index (χ1) is 3.55. The summed E-state index contributed by atoms with van der Waals surface area (Å²) in [7, 11) is 0. The summed E-state index contributed by atoms with van der Waals surface area (Å²) in [6.45, 7) is 0. The Balaban J connectivity index is 3.46. The molecule has 0 fully saturated rings. The zero-order valence-corrected chi connectivity index (χ0v) is 10.2. The van der Waals surface area contributed by atoms with Gasteiger partial charge in [-0.1, -0.05) is 67.8 Å². The van der Waals surface area contributed by atoms with Crippen LogP contribution in [-0.4, -0.2) is 22.4 Å². The molecular weight excluding hydrogens is 449 g/mol. The third kappa shape index (κ3) is 4.01.